The molecule has 2 aromatic rings. The summed E-state index contributed by atoms with van der Waals surface area (Å²) < 4.78 is 28.4. The lowest BCUT2D eigenvalue weighted by Crippen LogP contribution is -2.31. The van der Waals surface area contributed by atoms with Gasteiger partial charge in [0.15, 0.2) is 11.6 Å². The first-order valence-corrected chi connectivity index (χ1v) is 6.71. The number of hydrogen-bond donors (Lipinski definition) is 1. The van der Waals surface area contributed by atoms with Crippen LogP contribution in [0.3, 0.4) is 0 Å². The van der Waals surface area contributed by atoms with Crippen LogP contribution in [0.4, 0.5) is 8.78 Å². The molecule has 7 heteroatoms. The highest BCUT2D eigenvalue weighted by atomic mass is 19.2. The summed E-state index contributed by atoms with van der Waals surface area (Å²) in [6.45, 7) is 4.37. The standard InChI is InChI=1S/C14H16F2N4O/c1-3-11(13-17-8-18-20(13)4-2)19-14(21)9-6-5-7-10(15)12(9)16/h5-8,11H,3-4H2,1-2H3,(H,19,21)/t11-/m0/s1. The van der Waals surface area contributed by atoms with Gasteiger partial charge < -0.3 is 5.32 Å². The Labute approximate surface area is 121 Å². The van der Waals surface area contributed by atoms with Crippen LogP contribution in [-0.4, -0.2) is 20.7 Å². The van der Waals surface area contributed by atoms with Gasteiger partial charge in [-0.05, 0) is 25.5 Å². The maximum Gasteiger partial charge on any atom is 0.254 e. The van der Waals surface area contributed by atoms with E-state index >= 15 is 0 Å². The molecule has 2 rings (SSSR count). The topological polar surface area (TPSA) is 59.8 Å². The van der Waals surface area contributed by atoms with Crippen molar-refractivity contribution in [3.8, 4) is 0 Å². The van der Waals surface area contributed by atoms with Crippen LogP contribution >= 0.6 is 0 Å². The molecule has 0 unspecified atom stereocenters. The normalized spacial score (nSPS) is 12.2. The molecule has 21 heavy (non-hydrogen) atoms. The van der Waals surface area contributed by atoms with Crippen LogP contribution in [-0.2, 0) is 6.54 Å². The van der Waals surface area contributed by atoms with Crippen molar-refractivity contribution < 1.29 is 13.6 Å². The van der Waals surface area contributed by atoms with Crippen molar-refractivity contribution in [2.45, 2.75) is 32.9 Å². The number of hydrogen-bond acceptors (Lipinski definition) is 3. The average molecular weight is 294 g/mol. The molecule has 0 bridgehead atoms. The molecule has 1 aromatic heterocycles. The predicted octanol–water partition coefficient (Wildman–Crippen LogP) is 2.46. The van der Waals surface area contributed by atoms with Crippen molar-refractivity contribution in [1.29, 1.82) is 0 Å². The first-order chi connectivity index (χ1) is 10.1. The van der Waals surface area contributed by atoms with Crippen molar-refractivity contribution in [2.75, 3.05) is 0 Å². The lowest BCUT2D eigenvalue weighted by Gasteiger charge is -2.17. The Morgan fingerprint density at radius 2 is 2.14 bits per heavy atom. The molecule has 112 valence electrons. The summed E-state index contributed by atoms with van der Waals surface area (Å²) in [5.41, 5.74) is -0.323. The van der Waals surface area contributed by atoms with Crippen LogP contribution in [0, 0.1) is 11.6 Å². The van der Waals surface area contributed by atoms with Gasteiger partial charge in [-0.15, -0.1) is 0 Å². The third-order valence-corrected chi connectivity index (χ3v) is 3.17. The maximum absolute atomic E-state index is 13.6. The Kier molecular flexibility index (Phi) is 4.62. The second-order valence-electron chi connectivity index (χ2n) is 4.47. The van der Waals surface area contributed by atoms with E-state index in [4.69, 9.17) is 0 Å². The molecule has 0 saturated heterocycles. The number of carbonyl (C=O) groups is 1. The molecule has 0 fully saturated rings. The number of aryl methyl sites for hydroxylation is 1. The van der Waals surface area contributed by atoms with Gasteiger partial charge in [-0.2, -0.15) is 5.10 Å². The van der Waals surface area contributed by atoms with E-state index < -0.39 is 23.6 Å². The summed E-state index contributed by atoms with van der Waals surface area (Å²) in [6.07, 6.45) is 1.96. The molecule has 0 aliphatic heterocycles. The van der Waals surface area contributed by atoms with Gasteiger partial charge in [0.2, 0.25) is 0 Å². The Bertz CT molecular complexity index is 642. The Morgan fingerprint density at radius 1 is 1.38 bits per heavy atom. The molecule has 0 radical (unpaired) electrons. The van der Waals surface area contributed by atoms with Crippen molar-refractivity contribution in [2.24, 2.45) is 0 Å². The second kappa shape index (κ2) is 6.43. The molecule has 5 nitrogen and oxygen atoms in total. The average Bonchev–Trinajstić information content (AvgIpc) is 2.95. The molecule has 0 aliphatic rings. The summed E-state index contributed by atoms with van der Waals surface area (Å²) >= 11 is 0. The smallest absolute Gasteiger partial charge is 0.254 e. The van der Waals surface area contributed by atoms with E-state index in [1.807, 2.05) is 13.8 Å². The number of nitrogens with one attached hydrogen (secondary N) is 1. The summed E-state index contributed by atoms with van der Waals surface area (Å²) in [6, 6.07) is 3.09. The quantitative estimate of drug-likeness (QED) is 0.921. The van der Waals surface area contributed by atoms with Crippen LogP contribution < -0.4 is 5.32 Å². The number of carbonyl (C=O) groups excluding carboxylic acids is 1. The largest absolute Gasteiger partial charge is 0.342 e. The first-order valence-electron chi connectivity index (χ1n) is 6.71. The fourth-order valence-corrected chi connectivity index (χ4v) is 2.05. The fraction of sp³-hybridized carbons (Fsp3) is 0.357. The fourth-order valence-electron chi connectivity index (χ4n) is 2.05. The zero-order valence-corrected chi connectivity index (χ0v) is 11.8. The van der Waals surface area contributed by atoms with Crippen LogP contribution in [0.25, 0.3) is 0 Å². The predicted molar refractivity (Wildman–Crippen MR) is 72.6 cm³/mol. The maximum atomic E-state index is 13.6. The van der Waals surface area contributed by atoms with E-state index in [-0.39, 0.29) is 5.56 Å². The number of aromatic nitrogens is 3. The molecule has 1 aromatic carbocycles. The summed E-state index contributed by atoms with van der Waals surface area (Å²) in [5, 5.41) is 6.69. The highest BCUT2D eigenvalue weighted by Crippen LogP contribution is 2.16. The Morgan fingerprint density at radius 3 is 2.81 bits per heavy atom. The Balaban J connectivity index is 2.23. The van der Waals surface area contributed by atoms with Gasteiger partial charge in [0, 0.05) is 6.54 Å². The molecule has 1 N–H and O–H groups in total. The van der Waals surface area contributed by atoms with Gasteiger partial charge in [0.05, 0.1) is 11.6 Å². The van der Waals surface area contributed by atoms with E-state index in [0.717, 1.165) is 6.07 Å². The first kappa shape index (κ1) is 15.1. The zero-order valence-electron chi connectivity index (χ0n) is 11.8. The Hall–Kier alpha value is -2.31. The molecule has 0 saturated carbocycles. The van der Waals surface area contributed by atoms with Gasteiger partial charge in [0.1, 0.15) is 12.2 Å². The van der Waals surface area contributed by atoms with Crippen LogP contribution in [0.15, 0.2) is 24.5 Å². The minimum Gasteiger partial charge on any atom is -0.342 e. The van der Waals surface area contributed by atoms with Crippen LogP contribution in [0.5, 0.6) is 0 Å². The second-order valence-corrected chi connectivity index (χ2v) is 4.47. The third-order valence-electron chi connectivity index (χ3n) is 3.17. The minimum absolute atomic E-state index is 0.323. The lowest BCUT2D eigenvalue weighted by molar-refractivity contribution is 0.0927. The number of nitrogens with zero attached hydrogens (tertiary/aromatic N) is 3. The van der Waals surface area contributed by atoms with E-state index in [0.29, 0.717) is 18.8 Å². The van der Waals surface area contributed by atoms with Crippen molar-refractivity contribution >= 4 is 5.91 Å². The van der Waals surface area contributed by atoms with E-state index in [1.165, 1.54) is 18.5 Å². The van der Waals surface area contributed by atoms with Crippen molar-refractivity contribution in [3.05, 3.63) is 47.5 Å². The van der Waals surface area contributed by atoms with Gasteiger partial charge in [0.25, 0.3) is 5.91 Å². The van der Waals surface area contributed by atoms with Gasteiger partial charge in [-0.25, -0.2) is 18.4 Å². The van der Waals surface area contributed by atoms with E-state index in [9.17, 15) is 13.6 Å². The van der Waals surface area contributed by atoms with Gasteiger partial charge in [-0.1, -0.05) is 13.0 Å². The lowest BCUT2D eigenvalue weighted by atomic mass is 10.1. The number of amides is 1. The van der Waals surface area contributed by atoms with Crippen molar-refractivity contribution in [3.63, 3.8) is 0 Å². The van der Waals surface area contributed by atoms with E-state index in [2.05, 4.69) is 15.4 Å². The summed E-state index contributed by atoms with van der Waals surface area (Å²) in [5.74, 6) is -2.29. The highest BCUT2D eigenvalue weighted by Gasteiger charge is 2.21. The molecular formula is C14H16F2N4O. The highest BCUT2D eigenvalue weighted by molar-refractivity contribution is 5.94. The molecule has 0 spiro atoms. The number of halogens is 2. The molecule has 1 atom stereocenters. The monoisotopic (exact) mass is 294 g/mol. The summed E-state index contributed by atoms with van der Waals surface area (Å²) in [7, 11) is 0. The molecule has 1 amide bonds. The zero-order chi connectivity index (χ0) is 15.4. The SMILES string of the molecule is CC[C@H](NC(=O)c1cccc(F)c1F)c1ncnn1CC. The van der Waals surface area contributed by atoms with Crippen LogP contribution in [0.2, 0.25) is 0 Å². The molecule has 1 heterocycles. The summed E-state index contributed by atoms with van der Waals surface area (Å²) in [4.78, 5) is 16.2. The van der Waals surface area contributed by atoms with Gasteiger partial charge in [-0.3, -0.25) is 4.79 Å². The third kappa shape index (κ3) is 3.07. The molecule has 0 aliphatic carbocycles. The van der Waals surface area contributed by atoms with Crippen molar-refractivity contribution in [1.82, 2.24) is 20.1 Å². The van der Waals surface area contributed by atoms with Gasteiger partial charge >= 0.3 is 0 Å². The minimum atomic E-state index is -1.15. The number of benzene rings is 1. The van der Waals surface area contributed by atoms with Crippen LogP contribution in [0.1, 0.15) is 42.5 Å². The van der Waals surface area contributed by atoms with E-state index in [1.54, 1.807) is 4.68 Å². The number of rotatable bonds is 5. The molecular weight excluding hydrogens is 278 g/mol.